The number of rotatable bonds is 6. The van der Waals surface area contributed by atoms with Gasteiger partial charge in [0.25, 0.3) is 0 Å². The van der Waals surface area contributed by atoms with Crippen LogP contribution in [0.25, 0.3) is 0 Å². The summed E-state index contributed by atoms with van der Waals surface area (Å²) < 4.78 is 53.0. The summed E-state index contributed by atoms with van der Waals surface area (Å²) in [6, 6.07) is 4.96. The number of amides is 2. The Morgan fingerprint density at radius 3 is 2.61 bits per heavy atom. The van der Waals surface area contributed by atoms with E-state index in [1.807, 2.05) is 0 Å². The van der Waals surface area contributed by atoms with Gasteiger partial charge in [-0.25, -0.2) is 4.39 Å². The van der Waals surface area contributed by atoms with Crippen LogP contribution in [-0.4, -0.2) is 23.0 Å². The summed E-state index contributed by atoms with van der Waals surface area (Å²) in [5.41, 5.74) is 0.529. The van der Waals surface area contributed by atoms with E-state index in [0.717, 1.165) is 6.20 Å². The van der Waals surface area contributed by atoms with Gasteiger partial charge in [0.15, 0.2) is 0 Å². The molecule has 2 amide bonds. The number of aromatic nitrogens is 1. The molecular weight excluding hydrogens is 464 g/mol. The fourth-order valence-electron chi connectivity index (χ4n) is 3.43. The molecule has 2 atom stereocenters. The highest BCUT2D eigenvalue weighted by molar-refractivity contribution is 6.31. The third kappa shape index (κ3) is 6.42. The summed E-state index contributed by atoms with van der Waals surface area (Å²) in [5.74, 6) is -1.59. The fraction of sp³-hybridized carbons (Fsp3) is 0.409. The van der Waals surface area contributed by atoms with Gasteiger partial charge in [-0.05, 0) is 17.7 Å². The van der Waals surface area contributed by atoms with E-state index in [2.05, 4.69) is 20.9 Å². The summed E-state index contributed by atoms with van der Waals surface area (Å²) in [6.07, 6.45) is -5.39. The van der Waals surface area contributed by atoms with Gasteiger partial charge >= 0.3 is 6.18 Å². The molecule has 0 aliphatic carbocycles. The van der Waals surface area contributed by atoms with Crippen molar-refractivity contribution in [1.29, 1.82) is 0 Å². The van der Waals surface area contributed by atoms with Gasteiger partial charge in [0.05, 0.1) is 23.2 Å². The Kier molecular flexibility index (Phi) is 7.58. The average molecular weight is 487 g/mol. The van der Waals surface area contributed by atoms with Crippen molar-refractivity contribution < 1.29 is 27.2 Å². The summed E-state index contributed by atoms with van der Waals surface area (Å²) in [6.45, 7) is 3.37. The molecule has 1 aliphatic rings. The molecule has 3 rings (SSSR count). The molecule has 0 spiro atoms. The fourth-order valence-corrected chi connectivity index (χ4v) is 3.69. The quantitative estimate of drug-likeness (QED) is 0.537. The van der Waals surface area contributed by atoms with Crippen molar-refractivity contribution in [1.82, 2.24) is 20.9 Å². The third-order valence-corrected chi connectivity index (χ3v) is 5.47. The first-order valence-corrected chi connectivity index (χ1v) is 10.6. The van der Waals surface area contributed by atoms with E-state index in [-0.39, 0.29) is 46.5 Å². The lowest BCUT2D eigenvalue weighted by Gasteiger charge is -2.32. The Labute approximate surface area is 193 Å². The molecule has 11 heteroatoms. The Bertz CT molecular complexity index is 1030. The normalized spacial score (nSPS) is 18.8. The van der Waals surface area contributed by atoms with Crippen LogP contribution < -0.4 is 16.0 Å². The largest absolute Gasteiger partial charge is 0.393 e. The number of nitrogens with one attached hydrogen (secondary N) is 3. The van der Waals surface area contributed by atoms with E-state index in [1.165, 1.54) is 24.3 Å². The number of carbonyl (C=O) groups excluding carboxylic acids is 2. The molecule has 0 bridgehead atoms. The zero-order valence-corrected chi connectivity index (χ0v) is 18.6. The molecule has 2 unspecified atom stereocenters. The van der Waals surface area contributed by atoms with Crippen LogP contribution in [0.2, 0.25) is 5.02 Å². The molecule has 1 saturated heterocycles. The van der Waals surface area contributed by atoms with Crippen molar-refractivity contribution in [3.05, 3.63) is 63.7 Å². The monoisotopic (exact) mass is 486 g/mol. The second kappa shape index (κ2) is 10.0. The third-order valence-electron chi connectivity index (χ3n) is 5.14. The predicted molar refractivity (Wildman–Crippen MR) is 113 cm³/mol. The van der Waals surface area contributed by atoms with Crippen molar-refractivity contribution in [2.45, 2.75) is 51.6 Å². The van der Waals surface area contributed by atoms with Crippen LogP contribution in [0.4, 0.5) is 17.6 Å². The molecule has 3 N–H and O–H groups in total. The summed E-state index contributed by atoms with van der Waals surface area (Å²) in [5, 5.41) is 8.38. The molecular formula is C22H23ClF4N4O2. The first-order chi connectivity index (χ1) is 15.4. The minimum atomic E-state index is -4.36. The molecule has 1 aliphatic heterocycles. The summed E-state index contributed by atoms with van der Waals surface area (Å²) in [4.78, 5) is 28.2. The summed E-state index contributed by atoms with van der Waals surface area (Å²) in [7, 11) is 0. The van der Waals surface area contributed by atoms with Crippen molar-refractivity contribution in [3.8, 4) is 0 Å². The van der Waals surface area contributed by atoms with Crippen LogP contribution in [0, 0.1) is 11.7 Å². The predicted octanol–water partition coefficient (Wildman–Crippen LogP) is 4.10. The van der Waals surface area contributed by atoms with Gasteiger partial charge in [-0.3, -0.25) is 19.9 Å². The topological polar surface area (TPSA) is 83.1 Å². The molecule has 1 fully saturated rings. The maximum Gasteiger partial charge on any atom is 0.393 e. The highest BCUT2D eigenvalue weighted by Gasteiger charge is 2.33. The highest BCUT2D eigenvalue weighted by atomic mass is 35.5. The Morgan fingerprint density at radius 1 is 1.27 bits per heavy atom. The minimum Gasteiger partial charge on any atom is -0.352 e. The Balaban J connectivity index is 1.81. The maximum absolute atomic E-state index is 15.3. The number of benzene rings is 1. The lowest BCUT2D eigenvalue weighted by molar-refractivity contribution is -0.127. The van der Waals surface area contributed by atoms with E-state index >= 15 is 4.39 Å². The van der Waals surface area contributed by atoms with Gasteiger partial charge in [0, 0.05) is 36.2 Å². The van der Waals surface area contributed by atoms with Gasteiger partial charge in [0.2, 0.25) is 11.8 Å². The minimum absolute atomic E-state index is 0.000274. The average Bonchev–Trinajstić information content (AvgIpc) is 2.72. The molecule has 178 valence electrons. The van der Waals surface area contributed by atoms with E-state index in [9.17, 15) is 22.8 Å². The van der Waals surface area contributed by atoms with Crippen LogP contribution in [0.15, 0.2) is 30.5 Å². The van der Waals surface area contributed by atoms with Gasteiger partial charge in [-0.1, -0.05) is 37.6 Å². The van der Waals surface area contributed by atoms with Crippen molar-refractivity contribution in [2.24, 2.45) is 5.92 Å². The zero-order valence-electron chi connectivity index (χ0n) is 17.9. The number of carbonyl (C=O) groups is 2. The van der Waals surface area contributed by atoms with Gasteiger partial charge in [-0.15, -0.1) is 0 Å². The maximum atomic E-state index is 15.3. The summed E-state index contributed by atoms with van der Waals surface area (Å²) >= 11 is 6.23. The van der Waals surface area contributed by atoms with Crippen LogP contribution in [0.5, 0.6) is 0 Å². The second-order valence-corrected chi connectivity index (χ2v) is 8.52. The first kappa shape index (κ1) is 24.9. The molecule has 1 aromatic heterocycles. The first-order valence-electron chi connectivity index (χ1n) is 10.3. The van der Waals surface area contributed by atoms with Crippen LogP contribution in [0.1, 0.15) is 54.9 Å². The Hall–Kier alpha value is -2.72. The Morgan fingerprint density at radius 2 is 2.00 bits per heavy atom. The zero-order chi connectivity index (χ0) is 24.3. The second-order valence-electron chi connectivity index (χ2n) is 8.11. The number of hydrogen-bond acceptors (Lipinski definition) is 4. The van der Waals surface area contributed by atoms with Crippen LogP contribution in [-0.2, 0) is 22.6 Å². The molecule has 2 heterocycles. The van der Waals surface area contributed by atoms with Crippen LogP contribution >= 0.6 is 11.6 Å². The SMILES string of the molecule is CC(C)C(=O)NCc1ccc(Cl)c(C2NC(=O)CC(c3ccc(CC(F)(F)F)cn3)N2)c1F. The number of alkyl halides is 3. The standard InChI is InChI=1S/C22H23ClF4N4O2/c1-11(2)21(33)29-10-13-4-5-14(23)18(19(13)24)20-30-16(7-17(32)31-20)15-6-3-12(9-28-15)8-22(25,26)27/h3-6,9,11,16,20,30H,7-8,10H2,1-2H3,(H,29,33)(H,31,32). The molecule has 0 saturated carbocycles. The van der Waals surface area contributed by atoms with Crippen molar-refractivity contribution in [2.75, 3.05) is 0 Å². The van der Waals surface area contributed by atoms with Crippen molar-refractivity contribution >= 4 is 23.4 Å². The number of hydrogen-bond donors (Lipinski definition) is 3. The molecule has 33 heavy (non-hydrogen) atoms. The van der Waals surface area contributed by atoms with E-state index < -0.39 is 36.5 Å². The lowest BCUT2D eigenvalue weighted by Crippen LogP contribution is -2.47. The van der Waals surface area contributed by atoms with E-state index in [0.29, 0.717) is 5.69 Å². The van der Waals surface area contributed by atoms with Crippen LogP contribution in [0.3, 0.4) is 0 Å². The molecule has 6 nitrogen and oxygen atoms in total. The number of pyridine rings is 1. The number of halogens is 5. The highest BCUT2D eigenvalue weighted by Crippen LogP contribution is 2.32. The van der Waals surface area contributed by atoms with E-state index in [4.69, 9.17) is 11.6 Å². The lowest BCUT2D eigenvalue weighted by atomic mass is 10.00. The van der Waals surface area contributed by atoms with Gasteiger partial charge in [0.1, 0.15) is 12.0 Å². The van der Waals surface area contributed by atoms with Gasteiger partial charge < -0.3 is 10.6 Å². The van der Waals surface area contributed by atoms with E-state index in [1.54, 1.807) is 13.8 Å². The molecule has 2 aromatic rings. The molecule has 1 aromatic carbocycles. The number of nitrogens with zero attached hydrogens (tertiary/aromatic N) is 1. The smallest absolute Gasteiger partial charge is 0.352 e. The van der Waals surface area contributed by atoms with Crippen molar-refractivity contribution in [3.63, 3.8) is 0 Å². The van der Waals surface area contributed by atoms with Gasteiger partial charge in [-0.2, -0.15) is 13.2 Å². The molecule has 0 radical (unpaired) electrons.